The Morgan fingerprint density at radius 1 is 1.73 bits per heavy atom. The van der Waals surface area contributed by atoms with Crippen molar-refractivity contribution in [2.45, 2.75) is 26.2 Å². The van der Waals surface area contributed by atoms with Crippen LogP contribution in [0.25, 0.3) is 0 Å². The van der Waals surface area contributed by atoms with Crippen LogP contribution in [0.5, 0.6) is 0 Å². The largest absolute Gasteiger partial charge is 0.469 e. The maximum Gasteiger partial charge on any atom is 0.305 e. The molecule has 0 heterocycles. The van der Waals surface area contributed by atoms with Gasteiger partial charge < -0.3 is 4.74 Å². The summed E-state index contributed by atoms with van der Waals surface area (Å²) >= 11 is 0. The fourth-order valence-corrected chi connectivity index (χ4v) is 0.872. The number of ether oxygens (including phenoxy) is 1. The van der Waals surface area contributed by atoms with E-state index < -0.39 is 0 Å². The highest BCUT2D eigenvalue weighted by atomic mass is 16.5. The first-order valence-electron chi connectivity index (χ1n) is 3.88. The van der Waals surface area contributed by atoms with Gasteiger partial charge in [0.2, 0.25) is 0 Å². The van der Waals surface area contributed by atoms with Crippen LogP contribution in [0, 0.1) is 5.92 Å². The first-order chi connectivity index (χ1) is 5.20. The number of esters is 1. The van der Waals surface area contributed by atoms with Crippen LogP contribution < -0.4 is 0 Å². The average Bonchev–Trinajstić information content (AvgIpc) is 2.00. The first kappa shape index (κ1) is 10.2. The van der Waals surface area contributed by atoms with Crippen molar-refractivity contribution in [3.63, 3.8) is 0 Å². The topological polar surface area (TPSA) is 26.3 Å². The molecule has 2 nitrogen and oxygen atoms in total. The Hall–Kier alpha value is -0.790. The molecule has 0 N–H and O–H groups in total. The second kappa shape index (κ2) is 5.96. The zero-order valence-electron chi connectivity index (χ0n) is 7.30. The van der Waals surface area contributed by atoms with E-state index in [4.69, 9.17) is 0 Å². The van der Waals surface area contributed by atoms with Crippen LogP contribution in [0.4, 0.5) is 0 Å². The van der Waals surface area contributed by atoms with Gasteiger partial charge in [-0.15, -0.1) is 6.58 Å². The van der Waals surface area contributed by atoms with Crippen molar-refractivity contribution >= 4 is 5.97 Å². The van der Waals surface area contributed by atoms with Gasteiger partial charge in [-0.3, -0.25) is 4.79 Å². The monoisotopic (exact) mass is 156 g/mol. The van der Waals surface area contributed by atoms with Gasteiger partial charge in [0.25, 0.3) is 0 Å². The lowest BCUT2D eigenvalue weighted by atomic mass is 10.0. The second-order valence-corrected chi connectivity index (χ2v) is 2.75. The van der Waals surface area contributed by atoms with Gasteiger partial charge in [-0.25, -0.2) is 0 Å². The van der Waals surface area contributed by atoms with Crippen LogP contribution in [0.3, 0.4) is 0 Å². The van der Waals surface area contributed by atoms with E-state index in [-0.39, 0.29) is 5.97 Å². The summed E-state index contributed by atoms with van der Waals surface area (Å²) < 4.78 is 4.54. The molecule has 2 heteroatoms. The van der Waals surface area contributed by atoms with Crippen molar-refractivity contribution in [1.29, 1.82) is 0 Å². The minimum atomic E-state index is -0.124. The zero-order chi connectivity index (χ0) is 8.69. The highest BCUT2D eigenvalue weighted by Gasteiger charge is 2.07. The SMILES string of the molecule is C=CCCC(C)CC(=O)OC. The lowest BCUT2D eigenvalue weighted by Gasteiger charge is -2.06. The Bertz CT molecular complexity index is 130. The van der Waals surface area contributed by atoms with Gasteiger partial charge >= 0.3 is 5.97 Å². The predicted molar refractivity (Wildman–Crippen MR) is 45.2 cm³/mol. The van der Waals surface area contributed by atoms with Gasteiger partial charge in [-0.05, 0) is 18.8 Å². The van der Waals surface area contributed by atoms with Crippen molar-refractivity contribution in [3.05, 3.63) is 12.7 Å². The van der Waals surface area contributed by atoms with Gasteiger partial charge in [0.1, 0.15) is 0 Å². The summed E-state index contributed by atoms with van der Waals surface area (Å²) in [5.74, 6) is 0.280. The van der Waals surface area contributed by atoms with Gasteiger partial charge in [-0.2, -0.15) is 0 Å². The minimum absolute atomic E-state index is 0.124. The molecule has 0 rings (SSSR count). The highest BCUT2D eigenvalue weighted by Crippen LogP contribution is 2.10. The molecule has 0 aromatic heterocycles. The molecule has 0 saturated carbocycles. The van der Waals surface area contributed by atoms with Crippen molar-refractivity contribution in [1.82, 2.24) is 0 Å². The number of carbonyl (C=O) groups excluding carboxylic acids is 1. The van der Waals surface area contributed by atoms with E-state index in [1.165, 1.54) is 7.11 Å². The normalized spacial score (nSPS) is 12.2. The zero-order valence-corrected chi connectivity index (χ0v) is 7.30. The van der Waals surface area contributed by atoms with E-state index in [9.17, 15) is 4.79 Å². The molecule has 0 aromatic rings. The highest BCUT2D eigenvalue weighted by molar-refractivity contribution is 5.69. The van der Waals surface area contributed by atoms with Crippen LogP contribution >= 0.6 is 0 Å². The molecule has 11 heavy (non-hydrogen) atoms. The molecule has 0 amide bonds. The molecule has 0 bridgehead atoms. The molecule has 0 saturated heterocycles. The molecule has 64 valence electrons. The maximum atomic E-state index is 10.7. The molecule has 1 atom stereocenters. The summed E-state index contributed by atoms with van der Waals surface area (Å²) in [4.78, 5) is 10.7. The minimum Gasteiger partial charge on any atom is -0.469 e. The van der Waals surface area contributed by atoms with Crippen LogP contribution in [-0.4, -0.2) is 13.1 Å². The van der Waals surface area contributed by atoms with Crippen LogP contribution in [0.2, 0.25) is 0 Å². The predicted octanol–water partition coefficient (Wildman–Crippen LogP) is 2.15. The molecular weight excluding hydrogens is 140 g/mol. The third-order valence-electron chi connectivity index (χ3n) is 1.61. The Balaban J connectivity index is 3.42. The molecule has 0 spiro atoms. The Labute approximate surface area is 68.2 Å². The Kier molecular flexibility index (Phi) is 5.53. The van der Waals surface area contributed by atoms with E-state index >= 15 is 0 Å². The number of methoxy groups -OCH3 is 1. The smallest absolute Gasteiger partial charge is 0.305 e. The molecule has 0 aromatic carbocycles. The lowest BCUT2D eigenvalue weighted by molar-refractivity contribution is -0.141. The van der Waals surface area contributed by atoms with E-state index in [1.54, 1.807) is 0 Å². The molecule has 0 fully saturated rings. The standard InChI is InChI=1S/C9H16O2/c1-4-5-6-8(2)7-9(10)11-3/h4,8H,1,5-7H2,2-3H3. The van der Waals surface area contributed by atoms with E-state index in [0.717, 1.165) is 12.8 Å². The van der Waals surface area contributed by atoms with Gasteiger partial charge in [-0.1, -0.05) is 13.0 Å². The van der Waals surface area contributed by atoms with E-state index in [1.807, 2.05) is 13.0 Å². The van der Waals surface area contributed by atoms with Crippen molar-refractivity contribution in [3.8, 4) is 0 Å². The molecule has 1 unspecified atom stereocenters. The summed E-state index contributed by atoms with van der Waals surface area (Å²) in [5.41, 5.74) is 0. The van der Waals surface area contributed by atoms with Crippen molar-refractivity contribution in [2.24, 2.45) is 5.92 Å². The second-order valence-electron chi connectivity index (χ2n) is 2.75. The summed E-state index contributed by atoms with van der Waals surface area (Å²) in [5, 5.41) is 0. The fourth-order valence-electron chi connectivity index (χ4n) is 0.872. The number of allylic oxidation sites excluding steroid dienone is 1. The number of carbonyl (C=O) groups is 1. The van der Waals surface area contributed by atoms with Crippen molar-refractivity contribution in [2.75, 3.05) is 7.11 Å². The molecule has 0 aliphatic carbocycles. The number of hydrogen-bond donors (Lipinski definition) is 0. The van der Waals surface area contributed by atoms with Gasteiger partial charge in [0, 0.05) is 6.42 Å². The van der Waals surface area contributed by atoms with Crippen molar-refractivity contribution < 1.29 is 9.53 Å². The quantitative estimate of drug-likeness (QED) is 0.450. The van der Waals surface area contributed by atoms with Gasteiger partial charge in [0.05, 0.1) is 7.11 Å². The summed E-state index contributed by atoms with van der Waals surface area (Å²) in [6.45, 7) is 5.66. The average molecular weight is 156 g/mol. The number of rotatable bonds is 5. The third-order valence-corrected chi connectivity index (χ3v) is 1.61. The lowest BCUT2D eigenvalue weighted by Crippen LogP contribution is -2.06. The van der Waals surface area contributed by atoms with Crippen LogP contribution in [-0.2, 0) is 9.53 Å². The Morgan fingerprint density at radius 3 is 2.82 bits per heavy atom. The fraction of sp³-hybridized carbons (Fsp3) is 0.667. The molecule has 0 radical (unpaired) electrons. The third kappa shape index (κ3) is 5.64. The maximum absolute atomic E-state index is 10.7. The summed E-state index contributed by atoms with van der Waals surface area (Å²) in [6, 6.07) is 0. The summed E-state index contributed by atoms with van der Waals surface area (Å²) in [7, 11) is 1.42. The van der Waals surface area contributed by atoms with E-state index in [0.29, 0.717) is 12.3 Å². The van der Waals surface area contributed by atoms with Crippen LogP contribution in [0.15, 0.2) is 12.7 Å². The first-order valence-corrected chi connectivity index (χ1v) is 3.88. The molecule has 0 aliphatic heterocycles. The summed E-state index contributed by atoms with van der Waals surface area (Å²) in [6.07, 6.45) is 4.37. The number of hydrogen-bond acceptors (Lipinski definition) is 2. The van der Waals surface area contributed by atoms with E-state index in [2.05, 4.69) is 11.3 Å². The van der Waals surface area contributed by atoms with Crippen LogP contribution in [0.1, 0.15) is 26.2 Å². The Morgan fingerprint density at radius 2 is 2.36 bits per heavy atom. The van der Waals surface area contributed by atoms with Gasteiger partial charge in [0.15, 0.2) is 0 Å². The molecule has 0 aliphatic rings. The molecular formula is C9H16O2.